The molecular formula is C25H21N5O3S. The lowest BCUT2D eigenvalue weighted by atomic mass is 10.1. The van der Waals surface area contributed by atoms with Gasteiger partial charge in [0.15, 0.2) is 0 Å². The third kappa shape index (κ3) is 3.38. The number of nitrogens with one attached hydrogen (secondary N) is 1. The van der Waals surface area contributed by atoms with Crippen molar-refractivity contribution in [1.29, 1.82) is 0 Å². The van der Waals surface area contributed by atoms with Crippen LogP contribution in [0.5, 0.6) is 0 Å². The average molecular weight is 472 g/mol. The summed E-state index contributed by atoms with van der Waals surface area (Å²) in [6.45, 7) is 0. The van der Waals surface area contributed by atoms with E-state index in [0.29, 0.717) is 28.2 Å². The van der Waals surface area contributed by atoms with Crippen LogP contribution in [-0.2, 0) is 14.8 Å². The fourth-order valence-corrected chi connectivity index (χ4v) is 5.47. The number of carbonyl (C=O) groups is 1. The molecule has 1 aromatic heterocycles. The van der Waals surface area contributed by atoms with Gasteiger partial charge >= 0.3 is 0 Å². The average Bonchev–Trinajstić information content (AvgIpc) is 3.27. The summed E-state index contributed by atoms with van der Waals surface area (Å²) < 4.78 is 29.5. The summed E-state index contributed by atoms with van der Waals surface area (Å²) in [6.07, 6.45) is 1.66. The topological polar surface area (TPSA) is 110 Å². The Kier molecular flexibility index (Phi) is 5.27. The molecule has 1 aliphatic heterocycles. The highest BCUT2D eigenvalue weighted by Crippen LogP contribution is 2.48. The number of carbonyl (C=O) groups excluding carboxylic acids is 1. The van der Waals surface area contributed by atoms with Crippen molar-refractivity contribution < 1.29 is 13.2 Å². The van der Waals surface area contributed by atoms with Crippen molar-refractivity contribution in [3.05, 3.63) is 90.5 Å². The number of fused-ring (bicyclic) bond motifs is 3. The Morgan fingerprint density at radius 2 is 1.56 bits per heavy atom. The fourth-order valence-electron chi connectivity index (χ4n) is 4.07. The van der Waals surface area contributed by atoms with Crippen LogP contribution in [0.25, 0.3) is 34.3 Å². The molecule has 3 N–H and O–H groups in total. The standard InChI is InChI=1S/C25H21N5O3S/c1-29-24-22(18-12-6-3-7-13-18)28-30(20(25(31)27-26)16-17-10-4-2-5-11-17)23(24)19-14-8-9-15-21(19)34(29,32)33/h2-16H,26H2,1H3,(H,27,31). The maximum absolute atomic E-state index is 13.4. The highest BCUT2D eigenvalue weighted by Gasteiger charge is 2.39. The first-order valence-electron chi connectivity index (χ1n) is 10.5. The third-order valence-corrected chi connectivity index (χ3v) is 7.51. The van der Waals surface area contributed by atoms with E-state index in [1.54, 1.807) is 30.3 Å². The van der Waals surface area contributed by atoms with Gasteiger partial charge in [-0.25, -0.2) is 18.9 Å². The van der Waals surface area contributed by atoms with Crippen molar-refractivity contribution >= 4 is 33.4 Å². The first-order valence-corrected chi connectivity index (χ1v) is 11.9. The van der Waals surface area contributed by atoms with Gasteiger partial charge in [-0.1, -0.05) is 78.9 Å². The molecule has 0 atom stereocenters. The van der Waals surface area contributed by atoms with E-state index >= 15 is 0 Å². The molecule has 3 aromatic carbocycles. The van der Waals surface area contributed by atoms with Gasteiger partial charge in [-0.05, 0) is 17.7 Å². The first kappa shape index (κ1) is 21.6. The summed E-state index contributed by atoms with van der Waals surface area (Å²) in [5, 5.41) is 4.77. The van der Waals surface area contributed by atoms with E-state index in [-0.39, 0.29) is 10.6 Å². The number of hydrogen-bond donors (Lipinski definition) is 2. The molecule has 170 valence electrons. The number of rotatable bonds is 4. The largest absolute Gasteiger partial charge is 0.289 e. The number of sulfonamides is 1. The Labute approximate surface area is 197 Å². The smallest absolute Gasteiger partial charge is 0.283 e. The molecule has 0 saturated heterocycles. The van der Waals surface area contributed by atoms with Crippen LogP contribution in [0.15, 0.2) is 89.8 Å². The Morgan fingerprint density at radius 3 is 2.24 bits per heavy atom. The lowest BCUT2D eigenvalue weighted by Crippen LogP contribution is -2.34. The number of nitrogens with two attached hydrogens (primary N) is 1. The molecule has 0 unspecified atom stereocenters. The third-order valence-electron chi connectivity index (χ3n) is 5.70. The van der Waals surface area contributed by atoms with Crippen LogP contribution in [0, 0.1) is 0 Å². The van der Waals surface area contributed by atoms with Gasteiger partial charge in [-0.3, -0.25) is 14.5 Å². The first-order chi connectivity index (χ1) is 16.4. The zero-order valence-electron chi connectivity index (χ0n) is 18.2. The van der Waals surface area contributed by atoms with E-state index < -0.39 is 15.9 Å². The fraction of sp³-hybridized carbons (Fsp3) is 0.0400. The predicted octanol–water partition coefficient (Wildman–Crippen LogP) is 3.34. The van der Waals surface area contributed by atoms with Crippen LogP contribution in [0.4, 0.5) is 5.69 Å². The van der Waals surface area contributed by atoms with Gasteiger partial charge in [0.25, 0.3) is 15.9 Å². The Balaban J connectivity index is 1.89. The summed E-state index contributed by atoms with van der Waals surface area (Å²) >= 11 is 0. The molecule has 0 aliphatic carbocycles. The molecule has 1 aliphatic rings. The van der Waals surface area contributed by atoms with Crippen molar-refractivity contribution in [3.8, 4) is 22.5 Å². The number of anilines is 1. The molecular weight excluding hydrogens is 450 g/mol. The quantitative estimate of drug-likeness (QED) is 0.205. The molecule has 0 radical (unpaired) electrons. The summed E-state index contributed by atoms with van der Waals surface area (Å²) in [6, 6.07) is 25.2. The Morgan fingerprint density at radius 1 is 0.941 bits per heavy atom. The van der Waals surface area contributed by atoms with Crippen LogP contribution < -0.4 is 15.6 Å². The molecule has 4 aromatic rings. The second kappa shape index (κ2) is 8.29. The lowest BCUT2D eigenvalue weighted by molar-refractivity contribution is -0.116. The number of benzene rings is 3. The highest BCUT2D eigenvalue weighted by atomic mass is 32.2. The molecule has 0 fully saturated rings. The van der Waals surface area contributed by atoms with Crippen molar-refractivity contribution in [1.82, 2.24) is 15.2 Å². The molecule has 34 heavy (non-hydrogen) atoms. The number of hydrazine groups is 1. The zero-order valence-corrected chi connectivity index (χ0v) is 19.0. The predicted molar refractivity (Wildman–Crippen MR) is 132 cm³/mol. The van der Waals surface area contributed by atoms with Gasteiger partial charge in [0.1, 0.15) is 22.8 Å². The molecule has 0 saturated carbocycles. The molecule has 5 rings (SSSR count). The van der Waals surface area contributed by atoms with E-state index in [1.807, 2.05) is 60.7 Å². The highest BCUT2D eigenvalue weighted by molar-refractivity contribution is 7.93. The molecule has 1 amide bonds. The molecule has 0 spiro atoms. The van der Waals surface area contributed by atoms with Gasteiger partial charge in [-0.2, -0.15) is 5.10 Å². The van der Waals surface area contributed by atoms with Gasteiger partial charge in [-0.15, -0.1) is 0 Å². The van der Waals surface area contributed by atoms with Crippen LogP contribution in [0.3, 0.4) is 0 Å². The van der Waals surface area contributed by atoms with Crippen LogP contribution in [0.2, 0.25) is 0 Å². The van der Waals surface area contributed by atoms with E-state index in [4.69, 9.17) is 10.9 Å². The number of nitrogens with zero attached hydrogens (tertiary/aromatic N) is 3. The monoisotopic (exact) mass is 471 g/mol. The summed E-state index contributed by atoms with van der Waals surface area (Å²) in [5.74, 6) is 4.97. The minimum absolute atomic E-state index is 0.137. The van der Waals surface area contributed by atoms with Gasteiger partial charge in [0, 0.05) is 18.2 Å². The minimum atomic E-state index is -3.83. The Hall–Kier alpha value is -4.21. The zero-order chi connectivity index (χ0) is 23.9. The number of amides is 1. The Bertz CT molecular complexity index is 1530. The lowest BCUT2D eigenvalue weighted by Gasteiger charge is -2.28. The maximum Gasteiger partial charge on any atom is 0.283 e. The maximum atomic E-state index is 13.4. The van der Waals surface area contributed by atoms with Crippen molar-refractivity contribution in [3.63, 3.8) is 0 Å². The van der Waals surface area contributed by atoms with Crippen molar-refractivity contribution in [2.75, 3.05) is 11.4 Å². The van der Waals surface area contributed by atoms with E-state index in [2.05, 4.69) is 5.43 Å². The van der Waals surface area contributed by atoms with Crippen molar-refractivity contribution in [2.24, 2.45) is 5.84 Å². The molecule has 8 nitrogen and oxygen atoms in total. The minimum Gasteiger partial charge on any atom is -0.289 e. The summed E-state index contributed by atoms with van der Waals surface area (Å²) in [7, 11) is -2.33. The van der Waals surface area contributed by atoms with E-state index in [1.165, 1.54) is 16.0 Å². The van der Waals surface area contributed by atoms with Gasteiger partial charge in [0.05, 0.1) is 4.90 Å². The molecule has 2 heterocycles. The summed E-state index contributed by atoms with van der Waals surface area (Å²) in [4.78, 5) is 13.1. The van der Waals surface area contributed by atoms with Gasteiger partial charge in [0.2, 0.25) is 0 Å². The number of hydrogen-bond acceptors (Lipinski definition) is 5. The SMILES string of the molecule is CN1c2c(-c3ccccc3)nn(C(=Cc3ccccc3)C(=O)NN)c2-c2ccccc2S1(=O)=O. The van der Waals surface area contributed by atoms with Gasteiger partial charge < -0.3 is 0 Å². The van der Waals surface area contributed by atoms with Crippen LogP contribution in [0.1, 0.15) is 5.56 Å². The normalized spacial score (nSPS) is 14.3. The molecule has 0 bridgehead atoms. The van der Waals surface area contributed by atoms with Crippen molar-refractivity contribution in [2.45, 2.75) is 4.90 Å². The summed E-state index contributed by atoms with van der Waals surface area (Å²) in [5.41, 5.74) is 5.56. The van der Waals surface area contributed by atoms with Crippen LogP contribution >= 0.6 is 0 Å². The van der Waals surface area contributed by atoms with E-state index in [9.17, 15) is 13.2 Å². The second-order valence-corrected chi connectivity index (χ2v) is 9.64. The second-order valence-electron chi connectivity index (χ2n) is 7.71. The van der Waals surface area contributed by atoms with E-state index in [0.717, 1.165) is 5.56 Å². The van der Waals surface area contributed by atoms with Crippen LogP contribution in [-0.4, -0.2) is 31.2 Å². The number of aromatic nitrogens is 2. The molecule has 9 heteroatoms.